The van der Waals surface area contributed by atoms with Gasteiger partial charge in [0.15, 0.2) is 0 Å². The van der Waals surface area contributed by atoms with Gasteiger partial charge in [0, 0.05) is 19.6 Å². The number of ether oxygens (including phenoxy) is 1. The quantitative estimate of drug-likeness (QED) is 0.749. The molecule has 1 heterocycles. The molecule has 2 fully saturated rings. The first kappa shape index (κ1) is 14.8. The highest BCUT2D eigenvalue weighted by atomic mass is 16.5. The van der Waals surface area contributed by atoms with Crippen LogP contribution in [0, 0.1) is 0 Å². The molecule has 0 spiro atoms. The van der Waals surface area contributed by atoms with Crippen LogP contribution in [0.5, 0.6) is 0 Å². The van der Waals surface area contributed by atoms with Gasteiger partial charge in [0.2, 0.25) is 5.91 Å². The topological polar surface area (TPSA) is 41.6 Å². The van der Waals surface area contributed by atoms with Crippen molar-refractivity contribution in [2.24, 2.45) is 0 Å². The largest absolute Gasteiger partial charge is 0.377 e. The second-order valence-electron chi connectivity index (χ2n) is 5.84. The van der Waals surface area contributed by atoms with Gasteiger partial charge in [-0.05, 0) is 39.0 Å². The minimum absolute atomic E-state index is 0.0784. The number of likely N-dealkylation sites (tertiary alicyclic amines) is 1. The Bertz CT molecular complexity index is 271. The van der Waals surface area contributed by atoms with Gasteiger partial charge < -0.3 is 15.0 Å². The van der Waals surface area contributed by atoms with E-state index in [4.69, 9.17) is 4.74 Å². The number of carbonyl (C=O) groups is 1. The van der Waals surface area contributed by atoms with Gasteiger partial charge in [-0.15, -0.1) is 0 Å². The van der Waals surface area contributed by atoms with Gasteiger partial charge in [-0.3, -0.25) is 4.79 Å². The first-order valence-corrected chi connectivity index (χ1v) is 7.91. The molecule has 19 heavy (non-hydrogen) atoms. The third-order valence-corrected chi connectivity index (χ3v) is 4.25. The van der Waals surface area contributed by atoms with E-state index in [-0.39, 0.29) is 11.9 Å². The summed E-state index contributed by atoms with van der Waals surface area (Å²) in [7, 11) is 0. The van der Waals surface area contributed by atoms with Crippen molar-refractivity contribution < 1.29 is 9.53 Å². The summed E-state index contributed by atoms with van der Waals surface area (Å²) in [6.45, 7) is 5.33. The van der Waals surface area contributed by atoms with E-state index < -0.39 is 0 Å². The Balaban J connectivity index is 1.57. The van der Waals surface area contributed by atoms with E-state index in [0.29, 0.717) is 6.10 Å². The Labute approximate surface area is 116 Å². The maximum Gasteiger partial charge on any atom is 0.239 e. The minimum atomic E-state index is -0.0784. The first-order valence-electron chi connectivity index (χ1n) is 7.91. The fourth-order valence-corrected chi connectivity index (χ4v) is 3.03. The van der Waals surface area contributed by atoms with Crippen molar-refractivity contribution in [2.45, 2.75) is 64.0 Å². The molecule has 2 rings (SSSR count). The molecule has 0 aromatic rings. The van der Waals surface area contributed by atoms with Crippen LogP contribution in [0.2, 0.25) is 0 Å². The van der Waals surface area contributed by atoms with Crippen LogP contribution < -0.4 is 5.32 Å². The molecule has 4 nitrogen and oxygen atoms in total. The first-order chi connectivity index (χ1) is 9.27. The molecule has 1 saturated carbocycles. The van der Waals surface area contributed by atoms with Crippen LogP contribution in [0.3, 0.4) is 0 Å². The van der Waals surface area contributed by atoms with Crippen molar-refractivity contribution in [1.29, 1.82) is 0 Å². The summed E-state index contributed by atoms with van der Waals surface area (Å²) >= 11 is 0. The van der Waals surface area contributed by atoms with Crippen molar-refractivity contribution >= 4 is 5.91 Å². The molecule has 1 aliphatic carbocycles. The van der Waals surface area contributed by atoms with E-state index >= 15 is 0 Å². The van der Waals surface area contributed by atoms with Crippen LogP contribution in [0.25, 0.3) is 0 Å². The number of nitrogens with one attached hydrogen (secondary N) is 1. The molecule has 1 atom stereocenters. The monoisotopic (exact) mass is 268 g/mol. The number of hydrogen-bond acceptors (Lipinski definition) is 3. The van der Waals surface area contributed by atoms with E-state index in [2.05, 4.69) is 5.32 Å². The number of nitrogens with zero attached hydrogens (tertiary/aromatic N) is 1. The number of amides is 1. The van der Waals surface area contributed by atoms with E-state index in [1.165, 1.54) is 32.1 Å². The summed E-state index contributed by atoms with van der Waals surface area (Å²) in [6.07, 6.45) is 9.08. The number of carbonyl (C=O) groups excluding carboxylic acids is 1. The van der Waals surface area contributed by atoms with Crippen molar-refractivity contribution in [3.05, 3.63) is 0 Å². The molecule has 1 amide bonds. The van der Waals surface area contributed by atoms with Gasteiger partial charge in [0.25, 0.3) is 0 Å². The average molecular weight is 268 g/mol. The van der Waals surface area contributed by atoms with Crippen LogP contribution in [0.1, 0.15) is 51.9 Å². The van der Waals surface area contributed by atoms with Crippen molar-refractivity contribution in [2.75, 3.05) is 26.2 Å². The lowest BCUT2D eigenvalue weighted by Gasteiger charge is -2.29. The highest BCUT2D eigenvalue weighted by molar-refractivity contribution is 5.81. The fourth-order valence-electron chi connectivity index (χ4n) is 3.03. The zero-order chi connectivity index (χ0) is 13.5. The molecule has 0 bridgehead atoms. The Morgan fingerprint density at radius 2 is 1.89 bits per heavy atom. The summed E-state index contributed by atoms with van der Waals surface area (Å²) in [5.74, 6) is 0.251. The third kappa shape index (κ3) is 4.77. The number of hydrogen-bond donors (Lipinski definition) is 1. The Hall–Kier alpha value is -0.610. The summed E-state index contributed by atoms with van der Waals surface area (Å²) < 4.78 is 5.79. The molecular weight excluding hydrogens is 240 g/mol. The van der Waals surface area contributed by atoms with E-state index in [1.807, 2.05) is 11.8 Å². The summed E-state index contributed by atoms with van der Waals surface area (Å²) in [5.41, 5.74) is 0. The van der Waals surface area contributed by atoms with Gasteiger partial charge >= 0.3 is 0 Å². The highest BCUT2D eigenvalue weighted by Gasteiger charge is 2.21. The molecule has 1 aliphatic heterocycles. The SMILES string of the molecule is CC(NCCOC1CCCC1)C(=O)N1CCCCC1. The normalized spacial score (nSPS) is 22.7. The Morgan fingerprint density at radius 3 is 2.58 bits per heavy atom. The lowest BCUT2D eigenvalue weighted by molar-refractivity contribution is -0.134. The summed E-state index contributed by atoms with van der Waals surface area (Å²) in [5, 5.41) is 3.29. The van der Waals surface area contributed by atoms with Crippen LogP contribution >= 0.6 is 0 Å². The van der Waals surface area contributed by atoms with Crippen molar-refractivity contribution in [1.82, 2.24) is 10.2 Å². The average Bonchev–Trinajstić information content (AvgIpc) is 2.96. The molecule has 2 aliphatic rings. The molecule has 1 unspecified atom stereocenters. The zero-order valence-electron chi connectivity index (χ0n) is 12.2. The van der Waals surface area contributed by atoms with Gasteiger partial charge in [0.1, 0.15) is 0 Å². The third-order valence-electron chi connectivity index (χ3n) is 4.25. The molecule has 1 saturated heterocycles. The maximum atomic E-state index is 12.2. The molecule has 0 aromatic heterocycles. The van der Waals surface area contributed by atoms with Crippen LogP contribution in [-0.4, -0.2) is 49.2 Å². The second-order valence-corrected chi connectivity index (χ2v) is 5.84. The number of piperidine rings is 1. The molecule has 4 heteroatoms. The van der Waals surface area contributed by atoms with Crippen LogP contribution in [0.15, 0.2) is 0 Å². The van der Waals surface area contributed by atoms with Gasteiger partial charge in [-0.1, -0.05) is 12.8 Å². The molecule has 1 N–H and O–H groups in total. The fraction of sp³-hybridized carbons (Fsp3) is 0.933. The maximum absolute atomic E-state index is 12.2. The van der Waals surface area contributed by atoms with E-state index in [1.54, 1.807) is 0 Å². The van der Waals surface area contributed by atoms with Crippen LogP contribution in [-0.2, 0) is 9.53 Å². The molecule has 0 aromatic carbocycles. The van der Waals surface area contributed by atoms with Gasteiger partial charge in [-0.25, -0.2) is 0 Å². The van der Waals surface area contributed by atoms with Crippen LogP contribution in [0.4, 0.5) is 0 Å². The summed E-state index contributed by atoms with van der Waals surface area (Å²) in [4.78, 5) is 14.2. The second kappa shape index (κ2) is 7.85. The smallest absolute Gasteiger partial charge is 0.239 e. The molecule has 0 radical (unpaired) electrons. The van der Waals surface area contributed by atoms with E-state index in [9.17, 15) is 4.79 Å². The predicted octanol–water partition coefficient (Wildman–Crippen LogP) is 1.94. The van der Waals surface area contributed by atoms with Gasteiger partial charge in [-0.2, -0.15) is 0 Å². The Kier molecular flexibility index (Phi) is 6.11. The minimum Gasteiger partial charge on any atom is -0.377 e. The van der Waals surface area contributed by atoms with Crippen molar-refractivity contribution in [3.8, 4) is 0 Å². The van der Waals surface area contributed by atoms with Crippen molar-refractivity contribution in [3.63, 3.8) is 0 Å². The highest BCUT2D eigenvalue weighted by Crippen LogP contribution is 2.20. The zero-order valence-corrected chi connectivity index (χ0v) is 12.2. The summed E-state index contributed by atoms with van der Waals surface area (Å²) in [6, 6.07) is -0.0784. The Morgan fingerprint density at radius 1 is 1.21 bits per heavy atom. The lowest BCUT2D eigenvalue weighted by atomic mass is 10.1. The molecule has 110 valence electrons. The lowest BCUT2D eigenvalue weighted by Crippen LogP contribution is -2.47. The number of rotatable bonds is 6. The van der Waals surface area contributed by atoms with Gasteiger partial charge in [0.05, 0.1) is 18.8 Å². The predicted molar refractivity (Wildman–Crippen MR) is 76.1 cm³/mol. The molecular formula is C15H28N2O2. The standard InChI is InChI=1S/C15H28N2O2/c1-13(15(18)17-10-5-2-6-11-17)16-9-12-19-14-7-3-4-8-14/h13-14,16H,2-12H2,1H3. The van der Waals surface area contributed by atoms with E-state index in [0.717, 1.165) is 39.1 Å².